The van der Waals surface area contributed by atoms with Crippen molar-refractivity contribution in [1.82, 2.24) is 14.6 Å². The lowest BCUT2D eigenvalue weighted by Crippen LogP contribution is -2.36. The van der Waals surface area contributed by atoms with Crippen molar-refractivity contribution in [1.29, 1.82) is 0 Å². The molecule has 138 valence electrons. The van der Waals surface area contributed by atoms with Crippen molar-refractivity contribution in [3.8, 4) is 0 Å². The maximum Gasteiger partial charge on any atom is 0.272 e. The first-order valence-corrected chi connectivity index (χ1v) is 9.80. The Morgan fingerprint density at radius 1 is 1.27 bits per heavy atom. The number of pyridine rings is 1. The zero-order valence-corrected chi connectivity index (χ0v) is 15.3. The SMILES string of the molecule is COCCNS(=O)(=O)c1ccc2c(c1)CN(C(=O)c1ccccn1)CC2. The number of methoxy groups -OCH3 is 1. The number of ether oxygens (including phenoxy) is 1. The first kappa shape index (κ1) is 18.5. The highest BCUT2D eigenvalue weighted by atomic mass is 32.2. The van der Waals surface area contributed by atoms with Crippen LogP contribution in [0.5, 0.6) is 0 Å². The van der Waals surface area contributed by atoms with Gasteiger partial charge in [-0.2, -0.15) is 0 Å². The third-order valence-corrected chi connectivity index (χ3v) is 5.73. The fourth-order valence-electron chi connectivity index (χ4n) is 2.89. The van der Waals surface area contributed by atoms with Crippen LogP contribution in [0.2, 0.25) is 0 Å². The molecular formula is C18H21N3O4S. The predicted octanol–water partition coefficient (Wildman–Crippen LogP) is 1.20. The van der Waals surface area contributed by atoms with Gasteiger partial charge in [0.25, 0.3) is 5.91 Å². The van der Waals surface area contributed by atoms with Crippen LogP contribution in [0.25, 0.3) is 0 Å². The van der Waals surface area contributed by atoms with Gasteiger partial charge in [0.15, 0.2) is 0 Å². The fraction of sp³-hybridized carbons (Fsp3) is 0.333. The van der Waals surface area contributed by atoms with Crippen molar-refractivity contribution in [2.45, 2.75) is 17.9 Å². The molecule has 0 radical (unpaired) electrons. The molecule has 0 saturated heterocycles. The topological polar surface area (TPSA) is 88.6 Å². The molecule has 1 aromatic heterocycles. The van der Waals surface area contributed by atoms with E-state index in [-0.39, 0.29) is 17.3 Å². The zero-order valence-electron chi connectivity index (χ0n) is 14.5. The van der Waals surface area contributed by atoms with Crippen LogP contribution in [0, 0.1) is 0 Å². The Kier molecular flexibility index (Phi) is 5.65. The molecule has 1 N–H and O–H groups in total. The third kappa shape index (κ3) is 4.09. The lowest BCUT2D eigenvalue weighted by Gasteiger charge is -2.29. The Hall–Kier alpha value is -2.29. The van der Waals surface area contributed by atoms with E-state index in [0.29, 0.717) is 31.8 Å². The number of nitrogens with one attached hydrogen (secondary N) is 1. The number of carbonyl (C=O) groups is 1. The van der Waals surface area contributed by atoms with Crippen molar-refractivity contribution in [2.24, 2.45) is 0 Å². The molecule has 8 heteroatoms. The van der Waals surface area contributed by atoms with Gasteiger partial charge in [0, 0.05) is 32.9 Å². The second kappa shape index (κ2) is 7.94. The lowest BCUT2D eigenvalue weighted by atomic mass is 9.99. The number of benzene rings is 1. The highest BCUT2D eigenvalue weighted by Gasteiger charge is 2.24. The van der Waals surface area contributed by atoms with E-state index in [0.717, 1.165) is 11.1 Å². The molecule has 0 fully saturated rings. The van der Waals surface area contributed by atoms with Crippen molar-refractivity contribution in [2.75, 3.05) is 26.8 Å². The van der Waals surface area contributed by atoms with Crippen molar-refractivity contribution in [3.63, 3.8) is 0 Å². The first-order chi connectivity index (χ1) is 12.5. The summed E-state index contributed by atoms with van der Waals surface area (Å²) in [6.07, 6.45) is 2.27. The van der Waals surface area contributed by atoms with Gasteiger partial charge in [-0.1, -0.05) is 12.1 Å². The first-order valence-electron chi connectivity index (χ1n) is 8.32. The van der Waals surface area contributed by atoms with Gasteiger partial charge in [-0.15, -0.1) is 0 Å². The summed E-state index contributed by atoms with van der Waals surface area (Å²) in [5.41, 5.74) is 2.29. The molecule has 0 bridgehead atoms. The maximum atomic E-state index is 12.6. The largest absolute Gasteiger partial charge is 0.383 e. The van der Waals surface area contributed by atoms with Crippen molar-refractivity contribution >= 4 is 15.9 Å². The van der Waals surface area contributed by atoms with Gasteiger partial charge in [0.05, 0.1) is 11.5 Å². The van der Waals surface area contributed by atoms with E-state index in [2.05, 4.69) is 9.71 Å². The van der Waals surface area contributed by atoms with Gasteiger partial charge >= 0.3 is 0 Å². The molecule has 1 aliphatic heterocycles. The molecule has 0 aliphatic carbocycles. The summed E-state index contributed by atoms with van der Waals surface area (Å²) in [7, 11) is -2.09. The van der Waals surface area contributed by atoms with Gasteiger partial charge < -0.3 is 9.64 Å². The highest BCUT2D eigenvalue weighted by Crippen LogP contribution is 2.23. The summed E-state index contributed by atoms with van der Waals surface area (Å²) in [4.78, 5) is 18.6. The van der Waals surface area contributed by atoms with E-state index in [1.54, 1.807) is 41.4 Å². The summed E-state index contributed by atoms with van der Waals surface area (Å²) < 4.78 is 32.1. The number of sulfonamides is 1. The standard InChI is InChI=1S/C18H21N3O4S/c1-25-11-9-20-26(23,24)16-6-5-14-7-10-21(13-15(14)12-16)18(22)17-4-2-3-8-19-17/h2-6,8,12,20H,7,9-11,13H2,1H3. The monoisotopic (exact) mass is 375 g/mol. The molecule has 1 aliphatic rings. The zero-order chi connectivity index (χ0) is 18.6. The average Bonchev–Trinajstić information content (AvgIpc) is 2.67. The summed E-state index contributed by atoms with van der Waals surface area (Å²) in [6.45, 7) is 1.46. The molecule has 3 rings (SSSR count). The molecule has 7 nitrogen and oxygen atoms in total. The Bertz CT molecular complexity index is 885. The molecule has 2 heterocycles. The van der Waals surface area contributed by atoms with E-state index in [1.165, 1.54) is 7.11 Å². The number of hydrogen-bond donors (Lipinski definition) is 1. The van der Waals surface area contributed by atoms with Gasteiger partial charge in [0.2, 0.25) is 10.0 Å². The molecule has 1 amide bonds. The third-order valence-electron chi connectivity index (χ3n) is 4.27. The van der Waals surface area contributed by atoms with Gasteiger partial charge in [0.1, 0.15) is 5.69 Å². The second-order valence-corrected chi connectivity index (χ2v) is 7.78. The minimum absolute atomic E-state index is 0.150. The Morgan fingerprint density at radius 2 is 2.12 bits per heavy atom. The minimum atomic E-state index is -3.60. The summed E-state index contributed by atoms with van der Waals surface area (Å²) in [6, 6.07) is 10.3. The number of hydrogen-bond acceptors (Lipinski definition) is 5. The maximum absolute atomic E-state index is 12.6. The molecule has 0 spiro atoms. The molecule has 2 aromatic rings. The van der Waals surface area contributed by atoms with Gasteiger partial charge in [-0.25, -0.2) is 13.1 Å². The van der Waals surface area contributed by atoms with Crippen molar-refractivity contribution < 1.29 is 17.9 Å². The van der Waals surface area contributed by atoms with E-state index in [1.807, 2.05) is 6.07 Å². The van der Waals surface area contributed by atoms with Crippen LogP contribution >= 0.6 is 0 Å². The van der Waals surface area contributed by atoms with Crippen LogP contribution in [0.4, 0.5) is 0 Å². The predicted molar refractivity (Wildman–Crippen MR) is 96.2 cm³/mol. The Balaban J connectivity index is 1.79. The second-order valence-electron chi connectivity index (χ2n) is 6.01. The highest BCUT2D eigenvalue weighted by molar-refractivity contribution is 7.89. The lowest BCUT2D eigenvalue weighted by molar-refractivity contribution is 0.0728. The fourth-order valence-corrected chi connectivity index (χ4v) is 3.95. The van der Waals surface area contributed by atoms with Gasteiger partial charge in [-0.05, 0) is 41.8 Å². The summed E-state index contributed by atoms with van der Waals surface area (Å²) in [5, 5.41) is 0. The van der Waals surface area contributed by atoms with Crippen LogP contribution in [0.3, 0.4) is 0 Å². The smallest absolute Gasteiger partial charge is 0.272 e. The Labute approximate surface area is 153 Å². The van der Waals surface area contributed by atoms with E-state index in [4.69, 9.17) is 4.74 Å². The van der Waals surface area contributed by atoms with Crippen LogP contribution in [-0.4, -0.2) is 51.0 Å². The summed E-state index contributed by atoms with van der Waals surface area (Å²) >= 11 is 0. The molecule has 0 atom stereocenters. The number of carbonyl (C=O) groups excluding carboxylic acids is 1. The quantitative estimate of drug-likeness (QED) is 0.767. The van der Waals surface area contributed by atoms with Crippen LogP contribution < -0.4 is 4.72 Å². The number of rotatable bonds is 6. The molecule has 0 saturated carbocycles. The van der Waals surface area contributed by atoms with Crippen LogP contribution in [-0.2, 0) is 27.7 Å². The summed E-state index contributed by atoms with van der Waals surface area (Å²) in [5.74, 6) is -0.150. The number of nitrogens with zero attached hydrogens (tertiary/aromatic N) is 2. The van der Waals surface area contributed by atoms with E-state index < -0.39 is 10.0 Å². The van der Waals surface area contributed by atoms with Crippen LogP contribution in [0.1, 0.15) is 21.6 Å². The van der Waals surface area contributed by atoms with Crippen LogP contribution in [0.15, 0.2) is 47.5 Å². The average molecular weight is 375 g/mol. The normalized spacial score (nSPS) is 14.1. The Morgan fingerprint density at radius 3 is 2.85 bits per heavy atom. The van der Waals surface area contributed by atoms with E-state index >= 15 is 0 Å². The van der Waals surface area contributed by atoms with Gasteiger partial charge in [-0.3, -0.25) is 9.78 Å². The number of amides is 1. The number of fused-ring (bicyclic) bond motifs is 1. The number of aromatic nitrogens is 1. The molecule has 1 aromatic carbocycles. The molecule has 26 heavy (non-hydrogen) atoms. The molecular weight excluding hydrogens is 354 g/mol. The van der Waals surface area contributed by atoms with E-state index in [9.17, 15) is 13.2 Å². The minimum Gasteiger partial charge on any atom is -0.383 e. The molecule has 0 unspecified atom stereocenters. The van der Waals surface area contributed by atoms with Crippen molar-refractivity contribution in [3.05, 3.63) is 59.4 Å².